The molecule has 0 saturated heterocycles. The lowest BCUT2D eigenvalue weighted by atomic mass is 10.0. The molecule has 5 rings (SSSR count). The molecule has 8 heteroatoms. The van der Waals surface area contributed by atoms with E-state index >= 15 is 0 Å². The average molecular weight is 527 g/mol. The van der Waals surface area contributed by atoms with Gasteiger partial charge in [0.15, 0.2) is 6.04 Å². The lowest BCUT2D eigenvalue weighted by Crippen LogP contribution is -2.48. The van der Waals surface area contributed by atoms with Gasteiger partial charge in [-0.1, -0.05) is 72.8 Å². The first-order valence-corrected chi connectivity index (χ1v) is 13.0. The van der Waals surface area contributed by atoms with Crippen LogP contribution in [0.15, 0.2) is 91.0 Å². The van der Waals surface area contributed by atoms with E-state index in [4.69, 9.17) is 9.47 Å². The van der Waals surface area contributed by atoms with E-state index in [-0.39, 0.29) is 18.8 Å². The van der Waals surface area contributed by atoms with E-state index in [9.17, 15) is 14.7 Å². The zero-order valence-electron chi connectivity index (χ0n) is 20.7. The Kier molecular flexibility index (Phi) is 7.62. The zero-order chi connectivity index (χ0) is 26.5. The Labute approximate surface area is 223 Å². The second-order valence-electron chi connectivity index (χ2n) is 8.82. The number of carbonyl (C=O) groups is 2. The smallest absolute Gasteiger partial charge is 0.328 e. The van der Waals surface area contributed by atoms with Crippen molar-refractivity contribution in [2.75, 3.05) is 0 Å². The SMILES string of the molecule is C[C@@H](OCc1ccccc1)C(NC(=O)c1ccc2ccccc2c1OCc1nc2ccccc2s1)C(=O)O. The van der Waals surface area contributed by atoms with Crippen molar-refractivity contribution in [3.8, 4) is 5.75 Å². The predicted molar refractivity (Wildman–Crippen MR) is 147 cm³/mol. The lowest BCUT2D eigenvalue weighted by molar-refractivity contribution is -0.143. The number of carboxylic acids is 1. The van der Waals surface area contributed by atoms with Gasteiger partial charge in [0.2, 0.25) is 0 Å². The molecule has 1 amide bonds. The van der Waals surface area contributed by atoms with Crippen LogP contribution >= 0.6 is 11.3 Å². The summed E-state index contributed by atoms with van der Waals surface area (Å²) in [6.45, 7) is 2.04. The third kappa shape index (κ3) is 5.66. The molecule has 5 aromatic rings. The second-order valence-corrected chi connectivity index (χ2v) is 9.93. The van der Waals surface area contributed by atoms with E-state index in [0.29, 0.717) is 5.75 Å². The summed E-state index contributed by atoms with van der Waals surface area (Å²) in [5, 5.41) is 14.9. The number of carboxylic acid groups (broad SMARTS) is 1. The van der Waals surface area contributed by atoms with Crippen LogP contribution in [-0.2, 0) is 22.7 Å². The highest BCUT2D eigenvalue weighted by atomic mass is 32.1. The molecule has 0 bridgehead atoms. The van der Waals surface area contributed by atoms with Gasteiger partial charge in [-0.25, -0.2) is 9.78 Å². The van der Waals surface area contributed by atoms with Gasteiger partial charge < -0.3 is 19.9 Å². The van der Waals surface area contributed by atoms with E-state index in [2.05, 4.69) is 10.3 Å². The van der Waals surface area contributed by atoms with Gasteiger partial charge in [-0.3, -0.25) is 4.79 Å². The summed E-state index contributed by atoms with van der Waals surface area (Å²) in [6, 6.07) is 27.1. The molecule has 0 radical (unpaired) electrons. The van der Waals surface area contributed by atoms with Crippen molar-refractivity contribution in [2.24, 2.45) is 0 Å². The van der Waals surface area contributed by atoms with Crippen molar-refractivity contribution in [3.05, 3.63) is 107 Å². The Balaban J connectivity index is 1.38. The standard InChI is InChI=1S/C30H26N2O5S/c1-19(36-17-20-9-3-2-4-10-20)27(30(34)35)32-29(33)23-16-15-21-11-5-6-12-22(21)28(23)37-18-26-31-24-13-7-8-14-25(24)38-26/h2-16,19,27H,17-18H2,1H3,(H,32,33)(H,34,35)/t19-,27?/m1/s1. The molecule has 2 atom stereocenters. The fourth-order valence-corrected chi connectivity index (χ4v) is 5.07. The highest BCUT2D eigenvalue weighted by Gasteiger charge is 2.29. The molecular weight excluding hydrogens is 500 g/mol. The summed E-state index contributed by atoms with van der Waals surface area (Å²) in [7, 11) is 0. The Hall–Kier alpha value is -4.27. The maximum Gasteiger partial charge on any atom is 0.328 e. The first kappa shape index (κ1) is 25.4. The molecule has 0 saturated carbocycles. The number of rotatable bonds is 10. The van der Waals surface area contributed by atoms with Crippen LogP contribution in [0.25, 0.3) is 21.0 Å². The number of ether oxygens (including phenoxy) is 2. The minimum Gasteiger partial charge on any atom is -0.485 e. The number of aromatic nitrogens is 1. The molecule has 1 unspecified atom stereocenters. The van der Waals surface area contributed by atoms with Crippen LogP contribution in [0.1, 0.15) is 27.9 Å². The summed E-state index contributed by atoms with van der Waals surface area (Å²) >= 11 is 1.53. The zero-order valence-corrected chi connectivity index (χ0v) is 21.5. The molecule has 1 aromatic heterocycles. The fourth-order valence-electron chi connectivity index (χ4n) is 4.19. The molecule has 0 spiro atoms. The van der Waals surface area contributed by atoms with Crippen LogP contribution in [-0.4, -0.2) is 34.1 Å². The fraction of sp³-hybridized carbons (Fsp3) is 0.167. The highest BCUT2D eigenvalue weighted by Crippen LogP contribution is 2.32. The first-order chi connectivity index (χ1) is 18.5. The lowest BCUT2D eigenvalue weighted by Gasteiger charge is -2.23. The maximum atomic E-state index is 13.4. The van der Waals surface area contributed by atoms with E-state index < -0.39 is 24.0 Å². The molecule has 1 heterocycles. The molecule has 4 aromatic carbocycles. The van der Waals surface area contributed by atoms with E-state index in [1.807, 2.05) is 84.9 Å². The Morgan fingerprint density at radius 1 is 0.921 bits per heavy atom. The molecular formula is C30H26N2O5S. The van der Waals surface area contributed by atoms with Gasteiger partial charge in [0, 0.05) is 5.39 Å². The van der Waals surface area contributed by atoms with Gasteiger partial charge in [-0.15, -0.1) is 11.3 Å². The number of fused-ring (bicyclic) bond motifs is 2. The number of hydrogen-bond donors (Lipinski definition) is 2. The van der Waals surface area contributed by atoms with Crippen molar-refractivity contribution in [1.29, 1.82) is 0 Å². The van der Waals surface area contributed by atoms with Gasteiger partial charge in [-0.2, -0.15) is 0 Å². The summed E-state index contributed by atoms with van der Waals surface area (Å²) in [6.07, 6.45) is -0.774. The molecule has 38 heavy (non-hydrogen) atoms. The molecule has 0 aliphatic carbocycles. The Bertz CT molecular complexity index is 1550. The topological polar surface area (TPSA) is 97.8 Å². The molecule has 2 N–H and O–H groups in total. The molecule has 7 nitrogen and oxygen atoms in total. The van der Waals surface area contributed by atoms with Crippen LogP contribution in [0.3, 0.4) is 0 Å². The number of thiazole rings is 1. The number of nitrogens with zero attached hydrogens (tertiary/aromatic N) is 1. The van der Waals surface area contributed by atoms with E-state index in [1.165, 1.54) is 11.3 Å². The number of nitrogens with one attached hydrogen (secondary N) is 1. The number of amides is 1. The van der Waals surface area contributed by atoms with Gasteiger partial charge in [0.25, 0.3) is 5.91 Å². The van der Waals surface area contributed by atoms with Crippen LogP contribution in [0, 0.1) is 0 Å². The number of benzene rings is 4. The molecule has 0 aliphatic rings. The van der Waals surface area contributed by atoms with Gasteiger partial charge in [-0.05, 0) is 36.1 Å². The summed E-state index contributed by atoms with van der Waals surface area (Å²) in [5.41, 5.74) is 2.04. The number of aliphatic carboxylic acids is 1. The first-order valence-electron chi connectivity index (χ1n) is 12.2. The Morgan fingerprint density at radius 3 is 2.45 bits per heavy atom. The van der Waals surface area contributed by atoms with Crippen molar-refractivity contribution >= 4 is 44.2 Å². The quantitative estimate of drug-likeness (QED) is 0.238. The average Bonchev–Trinajstić information content (AvgIpc) is 3.36. The Morgan fingerprint density at radius 2 is 1.66 bits per heavy atom. The van der Waals surface area contributed by atoms with Crippen LogP contribution in [0.4, 0.5) is 0 Å². The van der Waals surface area contributed by atoms with Crippen molar-refractivity contribution in [3.63, 3.8) is 0 Å². The molecule has 0 aliphatic heterocycles. The maximum absolute atomic E-state index is 13.4. The third-order valence-corrected chi connectivity index (χ3v) is 7.19. The third-order valence-electron chi connectivity index (χ3n) is 6.18. The molecule has 192 valence electrons. The monoisotopic (exact) mass is 526 g/mol. The molecule has 0 fully saturated rings. The van der Waals surface area contributed by atoms with Crippen molar-refractivity contribution < 1.29 is 24.2 Å². The van der Waals surface area contributed by atoms with E-state index in [1.54, 1.807) is 13.0 Å². The van der Waals surface area contributed by atoms with E-state index in [0.717, 1.165) is 31.6 Å². The van der Waals surface area contributed by atoms with Gasteiger partial charge in [0.05, 0.1) is 28.5 Å². The summed E-state index contributed by atoms with van der Waals surface area (Å²) in [4.78, 5) is 30.1. The highest BCUT2D eigenvalue weighted by molar-refractivity contribution is 7.18. The minimum atomic E-state index is -1.25. The summed E-state index contributed by atoms with van der Waals surface area (Å²) in [5.74, 6) is -1.36. The number of para-hydroxylation sites is 1. The van der Waals surface area contributed by atoms with Crippen LogP contribution in [0.5, 0.6) is 5.75 Å². The summed E-state index contributed by atoms with van der Waals surface area (Å²) < 4.78 is 13.0. The largest absolute Gasteiger partial charge is 0.485 e. The van der Waals surface area contributed by atoms with Crippen LogP contribution < -0.4 is 10.1 Å². The normalized spacial score (nSPS) is 12.8. The minimum absolute atomic E-state index is 0.173. The van der Waals surface area contributed by atoms with Gasteiger partial charge in [0.1, 0.15) is 17.4 Å². The number of hydrogen-bond acceptors (Lipinski definition) is 6. The second kappa shape index (κ2) is 11.4. The predicted octanol–water partition coefficient (Wildman–Crippen LogP) is 5.82. The number of carbonyl (C=O) groups excluding carboxylic acids is 1. The van der Waals surface area contributed by atoms with Crippen molar-refractivity contribution in [2.45, 2.75) is 32.3 Å². The van der Waals surface area contributed by atoms with Crippen molar-refractivity contribution in [1.82, 2.24) is 10.3 Å². The van der Waals surface area contributed by atoms with Gasteiger partial charge >= 0.3 is 5.97 Å². The van der Waals surface area contributed by atoms with Crippen LogP contribution in [0.2, 0.25) is 0 Å².